The van der Waals surface area contributed by atoms with E-state index in [9.17, 15) is 13.6 Å². The van der Waals surface area contributed by atoms with Gasteiger partial charge >= 0.3 is 6.03 Å². The van der Waals surface area contributed by atoms with E-state index in [1.807, 2.05) is 0 Å². The molecule has 0 radical (unpaired) electrons. The summed E-state index contributed by atoms with van der Waals surface area (Å²) in [5.41, 5.74) is 5.96. The summed E-state index contributed by atoms with van der Waals surface area (Å²) in [5, 5.41) is 4.70. The first-order valence-electron chi connectivity index (χ1n) is 5.88. The van der Waals surface area contributed by atoms with Gasteiger partial charge in [0.25, 0.3) is 0 Å². The van der Waals surface area contributed by atoms with Crippen LogP contribution in [0.4, 0.5) is 25.0 Å². The molecule has 0 saturated carbocycles. The summed E-state index contributed by atoms with van der Waals surface area (Å²) in [4.78, 5) is 11.8. The van der Waals surface area contributed by atoms with E-state index in [1.165, 1.54) is 30.3 Å². The second-order valence-electron chi connectivity index (χ2n) is 4.15. The topological polar surface area (TPSA) is 67.1 Å². The van der Waals surface area contributed by atoms with Gasteiger partial charge in [0.1, 0.15) is 16.6 Å². The molecule has 2 aromatic rings. The first-order chi connectivity index (χ1) is 9.95. The molecular weight excluding hydrogens is 296 g/mol. The summed E-state index contributed by atoms with van der Waals surface area (Å²) < 4.78 is 26.7. The van der Waals surface area contributed by atoms with Crippen LogP contribution in [0.1, 0.15) is 5.56 Å². The van der Waals surface area contributed by atoms with Crippen LogP contribution < -0.4 is 16.4 Å². The quantitative estimate of drug-likeness (QED) is 0.763. The lowest BCUT2D eigenvalue weighted by atomic mass is 10.2. The van der Waals surface area contributed by atoms with Crippen LogP contribution in [-0.2, 0) is 0 Å². The van der Waals surface area contributed by atoms with Crippen molar-refractivity contribution in [1.29, 1.82) is 0 Å². The zero-order valence-corrected chi connectivity index (χ0v) is 11.5. The van der Waals surface area contributed by atoms with Crippen molar-refractivity contribution in [2.24, 2.45) is 5.73 Å². The highest BCUT2D eigenvalue weighted by molar-refractivity contribution is 7.80. The van der Waals surface area contributed by atoms with Gasteiger partial charge < -0.3 is 16.4 Å². The van der Waals surface area contributed by atoms with Crippen LogP contribution in [0.25, 0.3) is 0 Å². The fourth-order valence-corrected chi connectivity index (χ4v) is 1.75. The van der Waals surface area contributed by atoms with E-state index in [0.29, 0.717) is 5.56 Å². The monoisotopic (exact) mass is 307 g/mol. The Morgan fingerprint density at radius 3 is 2.48 bits per heavy atom. The minimum absolute atomic E-state index is 0.0381. The van der Waals surface area contributed by atoms with Crippen LogP contribution in [0.2, 0.25) is 0 Å². The number of nitrogens with two attached hydrogens (primary N) is 1. The van der Waals surface area contributed by atoms with Gasteiger partial charge in [-0.25, -0.2) is 13.6 Å². The predicted molar refractivity (Wildman–Crippen MR) is 81.3 cm³/mol. The summed E-state index contributed by atoms with van der Waals surface area (Å²) in [7, 11) is 0. The number of anilines is 2. The standard InChI is InChI=1S/C14H11F2N3OS/c15-9-2-1-3-10(7-9)18-14(20)19-12-5-4-8(13(17)21)6-11(12)16/h1-7H,(H2,17,21)(H2,18,19,20). The van der Waals surface area contributed by atoms with E-state index in [0.717, 1.165) is 12.1 Å². The zero-order chi connectivity index (χ0) is 15.4. The maximum atomic E-state index is 13.8. The van der Waals surface area contributed by atoms with Crippen LogP contribution >= 0.6 is 12.2 Å². The molecular formula is C14H11F2N3OS. The number of nitrogens with one attached hydrogen (secondary N) is 2. The molecule has 0 unspecified atom stereocenters. The average molecular weight is 307 g/mol. The second-order valence-corrected chi connectivity index (χ2v) is 4.59. The molecule has 2 rings (SSSR count). The molecule has 0 aliphatic heterocycles. The largest absolute Gasteiger partial charge is 0.389 e. The number of hydrogen-bond donors (Lipinski definition) is 3. The summed E-state index contributed by atoms with van der Waals surface area (Å²) in [5.74, 6) is -1.16. The van der Waals surface area contributed by atoms with Crippen LogP contribution in [0.15, 0.2) is 42.5 Å². The van der Waals surface area contributed by atoms with Gasteiger partial charge in [-0.1, -0.05) is 18.3 Å². The normalized spacial score (nSPS) is 10.0. The van der Waals surface area contributed by atoms with E-state index < -0.39 is 17.7 Å². The van der Waals surface area contributed by atoms with Crippen LogP contribution in [0.5, 0.6) is 0 Å². The number of benzene rings is 2. The van der Waals surface area contributed by atoms with Crippen molar-refractivity contribution >= 4 is 34.6 Å². The highest BCUT2D eigenvalue weighted by Crippen LogP contribution is 2.16. The third kappa shape index (κ3) is 3.96. The number of hydrogen-bond acceptors (Lipinski definition) is 2. The molecule has 0 heterocycles. The Balaban J connectivity index is 2.08. The Morgan fingerprint density at radius 1 is 1.10 bits per heavy atom. The number of halogens is 2. The van der Waals surface area contributed by atoms with Gasteiger partial charge in [0.05, 0.1) is 5.69 Å². The molecule has 0 aromatic heterocycles. The van der Waals surface area contributed by atoms with Crippen molar-refractivity contribution in [3.8, 4) is 0 Å². The number of amides is 2. The first kappa shape index (κ1) is 14.9. The minimum Gasteiger partial charge on any atom is -0.389 e. The summed E-state index contributed by atoms with van der Waals surface area (Å²) in [6.07, 6.45) is 0. The van der Waals surface area contributed by atoms with Crippen LogP contribution in [-0.4, -0.2) is 11.0 Å². The average Bonchev–Trinajstić information content (AvgIpc) is 2.40. The Kier molecular flexibility index (Phi) is 4.44. The molecule has 21 heavy (non-hydrogen) atoms. The Morgan fingerprint density at radius 2 is 1.86 bits per heavy atom. The van der Waals surface area contributed by atoms with Gasteiger partial charge in [0.2, 0.25) is 0 Å². The lowest BCUT2D eigenvalue weighted by Crippen LogP contribution is -2.20. The zero-order valence-electron chi connectivity index (χ0n) is 10.7. The summed E-state index contributed by atoms with van der Waals surface area (Å²) in [6, 6.07) is 8.61. The van der Waals surface area contributed by atoms with Crippen molar-refractivity contribution < 1.29 is 13.6 Å². The molecule has 0 saturated heterocycles. The maximum absolute atomic E-state index is 13.8. The molecule has 108 valence electrons. The molecule has 4 N–H and O–H groups in total. The van der Waals surface area contributed by atoms with Gasteiger partial charge in [-0.15, -0.1) is 0 Å². The second kappa shape index (κ2) is 6.27. The maximum Gasteiger partial charge on any atom is 0.323 e. The number of carbonyl (C=O) groups excluding carboxylic acids is 1. The van der Waals surface area contributed by atoms with Gasteiger partial charge in [0.15, 0.2) is 0 Å². The van der Waals surface area contributed by atoms with E-state index in [1.54, 1.807) is 0 Å². The molecule has 0 aliphatic carbocycles. The smallest absolute Gasteiger partial charge is 0.323 e. The Labute approximate surface area is 125 Å². The van der Waals surface area contributed by atoms with Crippen molar-refractivity contribution in [3.63, 3.8) is 0 Å². The van der Waals surface area contributed by atoms with Gasteiger partial charge in [-0.05, 0) is 36.4 Å². The van der Waals surface area contributed by atoms with Crippen molar-refractivity contribution in [2.45, 2.75) is 0 Å². The van der Waals surface area contributed by atoms with E-state index in [4.69, 9.17) is 18.0 Å². The van der Waals surface area contributed by atoms with E-state index >= 15 is 0 Å². The number of carbonyl (C=O) groups is 1. The molecule has 0 aliphatic rings. The van der Waals surface area contributed by atoms with Crippen molar-refractivity contribution in [2.75, 3.05) is 10.6 Å². The Hall–Kier alpha value is -2.54. The lowest BCUT2D eigenvalue weighted by Gasteiger charge is -2.09. The molecule has 0 fully saturated rings. The van der Waals surface area contributed by atoms with Crippen LogP contribution in [0, 0.1) is 11.6 Å². The molecule has 0 atom stereocenters. The molecule has 7 heteroatoms. The molecule has 0 spiro atoms. The third-order valence-corrected chi connectivity index (χ3v) is 2.82. The molecule has 2 aromatic carbocycles. The van der Waals surface area contributed by atoms with Gasteiger partial charge in [-0.3, -0.25) is 0 Å². The SMILES string of the molecule is NC(=S)c1ccc(NC(=O)Nc2cccc(F)c2)c(F)c1. The molecule has 4 nitrogen and oxygen atoms in total. The third-order valence-electron chi connectivity index (χ3n) is 2.58. The van der Waals surface area contributed by atoms with Crippen LogP contribution in [0.3, 0.4) is 0 Å². The van der Waals surface area contributed by atoms with Gasteiger partial charge in [0, 0.05) is 11.3 Å². The highest BCUT2D eigenvalue weighted by Gasteiger charge is 2.09. The highest BCUT2D eigenvalue weighted by atomic mass is 32.1. The Bertz CT molecular complexity index is 706. The van der Waals surface area contributed by atoms with E-state index in [-0.39, 0.29) is 16.4 Å². The number of rotatable bonds is 3. The van der Waals surface area contributed by atoms with Gasteiger partial charge in [-0.2, -0.15) is 0 Å². The lowest BCUT2D eigenvalue weighted by molar-refractivity contribution is 0.262. The van der Waals surface area contributed by atoms with E-state index in [2.05, 4.69) is 10.6 Å². The summed E-state index contributed by atoms with van der Waals surface area (Å²) >= 11 is 4.73. The van der Waals surface area contributed by atoms with Crippen molar-refractivity contribution in [1.82, 2.24) is 0 Å². The number of thiocarbonyl (C=S) groups is 1. The summed E-state index contributed by atoms with van der Waals surface area (Å²) in [6.45, 7) is 0. The molecule has 0 bridgehead atoms. The first-order valence-corrected chi connectivity index (χ1v) is 6.29. The fraction of sp³-hybridized carbons (Fsp3) is 0. The molecule has 2 amide bonds. The minimum atomic E-state index is -0.692. The fourth-order valence-electron chi connectivity index (χ4n) is 1.62. The number of urea groups is 1. The van der Waals surface area contributed by atoms with Crippen molar-refractivity contribution in [3.05, 3.63) is 59.7 Å². The predicted octanol–water partition coefficient (Wildman–Crippen LogP) is 3.24.